The number of hydrogen-bond donors (Lipinski definition) is 2. The summed E-state index contributed by atoms with van der Waals surface area (Å²) in [4.78, 5) is 0. The number of hydrogen-bond acceptors (Lipinski definition) is 5. The van der Waals surface area contributed by atoms with Gasteiger partial charge in [0.25, 0.3) is 5.66 Å². The Kier molecular flexibility index (Phi) is 4.80. The largest absolute Gasteiger partial charge is 0.622 e. The van der Waals surface area contributed by atoms with Crippen LogP contribution in [0.1, 0.15) is 38.8 Å². The number of hydrazone groups is 1. The van der Waals surface area contributed by atoms with Gasteiger partial charge in [-0.1, -0.05) is 35.9 Å². The molecule has 1 aliphatic rings. The monoisotopic (exact) mass is 366 g/mol. The van der Waals surface area contributed by atoms with Crippen molar-refractivity contribution in [3.8, 4) is 0 Å². The lowest BCUT2D eigenvalue weighted by Crippen LogP contribution is -2.57. The predicted molar refractivity (Wildman–Crippen MR) is 108 cm³/mol. The molecule has 2 N–H and O–H groups in total. The Morgan fingerprint density at radius 2 is 1.67 bits per heavy atom. The van der Waals surface area contributed by atoms with E-state index in [4.69, 9.17) is 0 Å². The van der Waals surface area contributed by atoms with Crippen LogP contribution >= 0.6 is 0 Å². The molecule has 0 radical (unpaired) electrons. The summed E-state index contributed by atoms with van der Waals surface area (Å²) < 4.78 is 0.864. The molecule has 0 bridgehead atoms. The number of benzene rings is 2. The van der Waals surface area contributed by atoms with Crippen LogP contribution in [0.3, 0.4) is 0 Å². The van der Waals surface area contributed by atoms with Crippen LogP contribution in [0.4, 0.5) is 5.69 Å². The maximum Gasteiger partial charge on any atom is 0.289 e. The minimum atomic E-state index is -1.33. The van der Waals surface area contributed by atoms with E-state index in [9.17, 15) is 10.4 Å². The summed E-state index contributed by atoms with van der Waals surface area (Å²) in [6.07, 6.45) is 0. The Bertz CT molecular complexity index is 888. The van der Waals surface area contributed by atoms with Crippen molar-refractivity contribution < 1.29 is 9.95 Å². The van der Waals surface area contributed by atoms with Gasteiger partial charge in [-0.15, -0.1) is 5.06 Å². The van der Waals surface area contributed by atoms with Gasteiger partial charge in [0.15, 0.2) is 0 Å². The van der Waals surface area contributed by atoms with Crippen molar-refractivity contribution >= 4 is 17.1 Å². The second kappa shape index (κ2) is 6.79. The van der Waals surface area contributed by atoms with Crippen LogP contribution in [0, 0.1) is 12.1 Å². The van der Waals surface area contributed by atoms with Crippen LogP contribution in [0.5, 0.6) is 0 Å². The first-order chi connectivity index (χ1) is 12.7. The SMILES string of the molecule is C/C(=N/Nc1ccccc1)[C@]1(C)N(O)C(C)(C)C(c2ccc(C)cc2)=[N+]1[O-]. The van der Waals surface area contributed by atoms with Crippen molar-refractivity contribution in [2.45, 2.75) is 45.8 Å². The first kappa shape index (κ1) is 19.1. The maximum atomic E-state index is 13.4. The van der Waals surface area contributed by atoms with E-state index in [-0.39, 0.29) is 0 Å². The molecule has 2 aromatic rings. The summed E-state index contributed by atoms with van der Waals surface area (Å²) in [5.74, 6) is 0. The fourth-order valence-corrected chi connectivity index (χ4v) is 3.45. The highest BCUT2D eigenvalue weighted by molar-refractivity contribution is 6.06. The van der Waals surface area contributed by atoms with E-state index in [0.29, 0.717) is 11.4 Å². The maximum absolute atomic E-state index is 13.4. The lowest BCUT2D eigenvalue weighted by atomic mass is 9.92. The molecule has 3 rings (SSSR count). The molecular weight excluding hydrogens is 340 g/mol. The highest BCUT2D eigenvalue weighted by Crippen LogP contribution is 2.36. The van der Waals surface area contributed by atoms with Crippen LogP contribution < -0.4 is 5.43 Å². The summed E-state index contributed by atoms with van der Waals surface area (Å²) in [7, 11) is 0. The molecule has 1 heterocycles. The van der Waals surface area contributed by atoms with Gasteiger partial charge >= 0.3 is 0 Å². The summed E-state index contributed by atoms with van der Waals surface area (Å²) in [6.45, 7) is 9.07. The summed E-state index contributed by atoms with van der Waals surface area (Å²) in [6, 6.07) is 17.2. The molecular formula is C21H26N4O2. The third kappa shape index (κ3) is 3.11. The average molecular weight is 366 g/mol. The summed E-state index contributed by atoms with van der Waals surface area (Å²) in [5, 5.41) is 29.8. The first-order valence-electron chi connectivity index (χ1n) is 8.96. The van der Waals surface area contributed by atoms with Crippen molar-refractivity contribution in [2.75, 3.05) is 5.43 Å². The van der Waals surface area contributed by atoms with Gasteiger partial charge in [0.2, 0.25) is 5.71 Å². The molecule has 2 aromatic carbocycles. The molecule has 1 atom stereocenters. The minimum Gasteiger partial charge on any atom is -0.622 e. The second-order valence-electron chi connectivity index (χ2n) is 7.58. The van der Waals surface area contributed by atoms with E-state index < -0.39 is 11.2 Å². The smallest absolute Gasteiger partial charge is 0.289 e. The van der Waals surface area contributed by atoms with Gasteiger partial charge in [-0.25, -0.2) is 0 Å². The molecule has 142 valence electrons. The lowest BCUT2D eigenvalue weighted by Gasteiger charge is -2.32. The van der Waals surface area contributed by atoms with E-state index in [2.05, 4.69) is 10.5 Å². The standard InChI is InChI=1S/C21H26N4O2/c1-15-11-13-17(14-12-15)19-20(3,4)25(27)21(5,24(19)26)16(2)22-23-18-9-7-6-8-10-18/h6-14,23,27H,1-5H3/b22-16-/t21-/m0/s1. The number of anilines is 1. The summed E-state index contributed by atoms with van der Waals surface area (Å²) in [5.41, 5.74) is 4.41. The molecule has 0 unspecified atom stereocenters. The van der Waals surface area contributed by atoms with Crippen LogP contribution in [-0.2, 0) is 0 Å². The topological polar surface area (TPSA) is 73.9 Å². The van der Waals surface area contributed by atoms with E-state index in [1.165, 1.54) is 0 Å². The van der Waals surface area contributed by atoms with Crippen LogP contribution in [-0.4, -0.2) is 37.6 Å². The van der Waals surface area contributed by atoms with Gasteiger partial charge in [-0.05, 0) is 52.0 Å². The number of hydroxylamine groups is 3. The zero-order valence-electron chi connectivity index (χ0n) is 16.4. The van der Waals surface area contributed by atoms with Gasteiger partial charge in [-0.3, -0.25) is 5.43 Å². The zero-order valence-corrected chi connectivity index (χ0v) is 16.4. The molecule has 6 nitrogen and oxygen atoms in total. The fourth-order valence-electron chi connectivity index (χ4n) is 3.45. The highest BCUT2D eigenvalue weighted by atomic mass is 16.6. The minimum absolute atomic E-state index is 0.457. The molecule has 6 heteroatoms. The zero-order chi connectivity index (χ0) is 19.8. The Morgan fingerprint density at radius 1 is 1.07 bits per heavy atom. The quantitative estimate of drug-likeness (QED) is 0.371. The van der Waals surface area contributed by atoms with Crippen LogP contribution in [0.25, 0.3) is 0 Å². The number of aryl methyl sites for hydroxylation is 1. The number of rotatable bonds is 4. The molecule has 0 saturated heterocycles. The Hall–Kier alpha value is -2.70. The lowest BCUT2D eigenvalue weighted by molar-refractivity contribution is -0.560. The first-order valence-corrected chi connectivity index (χ1v) is 8.96. The van der Waals surface area contributed by atoms with Crippen molar-refractivity contribution in [3.05, 3.63) is 70.9 Å². The third-order valence-corrected chi connectivity index (χ3v) is 5.26. The van der Waals surface area contributed by atoms with Crippen LogP contribution in [0.2, 0.25) is 0 Å². The summed E-state index contributed by atoms with van der Waals surface area (Å²) >= 11 is 0. The molecule has 0 aromatic heterocycles. The molecule has 0 saturated carbocycles. The second-order valence-corrected chi connectivity index (χ2v) is 7.58. The third-order valence-electron chi connectivity index (χ3n) is 5.26. The normalized spacial score (nSPS) is 23.0. The Morgan fingerprint density at radius 3 is 2.26 bits per heavy atom. The molecule has 0 aliphatic carbocycles. The average Bonchev–Trinajstić information content (AvgIpc) is 2.79. The van der Waals surface area contributed by atoms with Crippen LogP contribution in [0.15, 0.2) is 59.7 Å². The van der Waals surface area contributed by atoms with Crippen molar-refractivity contribution in [2.24, 2.45) is 5.10 Å². The van der Waals surface area contributed by atoms with Gasteiger partial charge in [0.05, 0.1) is 5.69 Å². The molecule has 1 aliphatic heterocycles. The number of nitrogens with zero attached hydrogens (tertiary/aromatic N) is 3. The van der Waals surface area contributed by atoms with E-state index in [1.54, 1.807) is 13.8 Å². The van der Waals surface area contributed by atoms with Gasteiger partial charge in [0, 0.05) is 12.5 Å². The number of nitrogens with one attached hydrogen (secondary N) is 1. The Balaban J connectivity index is 2.04. The fraction of sp³-hybridized carbons (Fsp3) is 0.333. The van der Waals surface area contributed by atoms with Crippen molar-refractivity contribution in [3.63, 3.8) is 0 Å². The molecule has 0 fully saturated rings. The molecule has 0 amide bonds. The predicted octanol–water partition coefficient (Wildman–Crippen LogP) is 3.98. The molecule has 0 spiro atoms. The highest BCUT2D eigenvalue weighted by Gasteiger charge is 2.61. The molecule has 27 heavy (non-hydrogen) atoms. The number of para-hydroxylation sites is 1. The van der Waals surface area contributed by atoms with E-state index >= 15 is 0 Å². The van der Waals surface area contributed by atoms with Gasteiger partial charge < -0.3 is 10.4 Å². The Labute approximate surface area is 160 Å². The van der Waals surface area contributed by atoms with E-state index in [1.807, 2.05) is 75.4 Å². The van der Waals surface area contributed by atoms with Gasteiger partial charge in [-0.2, -0.15) is 9.84 Å². The van der Waals surface area contributed by atoms with Gasteiger partial charge in [0.1, 0.15) is 11.3 Å². The van der Waals surface area contributed by atoms with Crippen molar-refractivity contribution in [1.29, 1.82) is 0 Å². The van der Waals surface area contributed by atoms with Crippen molar-refractivity contribution in [1.82, 2.24) is 5.06 Å². The van der Waals surface area contributed by atoms with E-state index in [0.717, 1.165) is 26.6 Å².